The normalized spacial score (nSPS) is 12.8. The van der Waals surface area contributed by atoms with E-state index in [-0.39, 0.29) is 11.7 Å². The summed E-state index contributed by atoms with van der Waals surface area (Å²) >= 11 is 0. The number of ether oxygens (including phenoxy) is 1. The smallest absolute Gasteiger partial charge is 0.328 e. The minimum atomic E-state index is -0.704. The summed E-state index contributed by atoms with van der Waals surface area (Å²) in [6.07, 6.45) is 2.02. The van der Waals surface area contributed by atoms with Gasteiger partial charge in [-0.15, -0.1) is 0 Å². The van der Waals surface area contributed by atoms with E-state index >= 15 is 0 Å². The number of aryl methyl sites for hydroxylation is 1. The fourth-order valence-corrected chi connectivity index (χ4v) is 2.93. The maximum atomic E-state index is 12.7. The molecule has 0 aliphatic carbocycles. The van der Waals surface area contributed by atoms with Crippen molar-refractivity contribution >= 4 is 11.9 Å². The van der Waals surface area contributed by atoms with E-state index in [4.69, 9.17) is 0 Å². The topological polar surface area (TPSA) is 87.7 Å². The van der Waals surface area contributed by atoms with Crippen LogP contribution in [0.4, 0.5) is 0 Å². The van der Waals surface area contributed by atoms with Gasteiger partial charge in [0.2, 0.25) is 5.91 Å². The Morgan fingerprint density at radius 2 is 1.75 bits per heavy atom. The molecule has 0 spiro atoms. The summed E-state index contributed by atoms with van der Waals surface area (Å²) in [5, 5.41) is 15.5. The molecule has 1 amide bonds. The summed E-state index contributed by atoms with van der Waals surface area (Å²) in [4.78, 5) is 24.3. The van der Waals surface area contributed by atoms with Crippen LogP contribution in [0, 0.1) is 0 Å². The van der Waals surface area contributed by atoms with Crippen LogP contribution < -0.4 is 10.6 Å². The van der Waals surface area contributed by atoms with E-state index in [0.29, 0.717) is 19.4 Å². The second-order valence-electron chi connectivity index (χ2n) is 6.70. The van der Waals surface area contributed by atoms with Crippen LogP contribution in [0.3, 0.4) is 0 Å². The number of amides is 1. The van der Waals surface area contributed by atoms with Gasteiger partial charge in [0.05, 0.1) is 13.2 Å². The van der Waals surface area contributed by atoms with Crippen LogP contribution in [-0.4, -0.2) is 42.7 Å². The van der Waals surface area contributed by atoms with Gasteiger partial charge < -0.3 is 20.5 Å². The van der Waals surface area contributed by atoms with Gasteiger partial charge in [0.15, 0.2) is 0 Å². The van der Waals surface area contributed by atoms with Crippen molar-refractivity contribution in [1.29, 1.82) is 0 Å². The number of hydrogen-bond donors (Lipinski definition) is 3. The first-order valence-electron chi connectivity index (χ1n) is 9.43. The number of aromatic hydroxyl groups is 1. The van der Waals surface area contributed by atoms with Crippen molar-refractivity contribution in [2.75, 3.05) is 13.7 Å². The molecule has 0 unspecified atom stereocenters. The third-order valence-corrected chi connectivity index (χ3v) is 4.51. The first-order valence-corrected chi connectivity index (χ1v) is 9.43. The first kappa shape index (κ1) is 21.4. The number of carbonyl (C=O) groups excluding carboxylic acids is 2. The molecule has 0 fully saturated rings. The van der Waals surface area contributed by atoms with E-state index < -0.39 is 18.1 Å². The van der Waals surface area contributed by atoms with Crippen molar-refractivity contribution < 1.29 is 19.4 Å². The van der Waals surface area contributed by atoms with Crippen molar-refractivity contribution in [3.63, 3.8) is 0 Å². The van der Waals surface area contributed by atoms with Crippen molar-refractivity contribution in [3.8, 4) is 5.75 Å². The molecular formula is C22H28N2O4. The lowest BCUT2D eigenvalue weighted by Gasteiger charge is -2.21. The number of rotatable bonds is 10. The Morgan fingerprint density at radius 3 is 2.43 bits per heavy atom. The Kier molecular flexibility index (Phi) is 8.49. The van der Waals surface area contributed by atoms with Gasteiger partial charge in [0.1, 0.15) is 11.8 Å². The van der Waals surface area contributed by atoms with E-state index in [1.807, 2.05) is 36.4 Å². The highest BCUT2D eigenvalue weighted by molar-refractivity contribution is 5.87. The largest absolute Gasteiger partial charge is 0.508 e. The van der Waals surface area contributed by atoms with Crippen LogP contribution in [0.5, 0.6) is 5.75 Å². The van der Waals surface area contributed by atoms with E-state index in [9.17, 15) is 14.7 Å². The van der Waals surface area contributed by atoms with Crippen LogP contribution in [0.2, 0.25) is 0 Å². The number of nitrogens with one attached hydrogen (secondary N) is 2. The van der Waals surface area contributed by atoms with Crippen molar-refractivity contribution in [1.82, 2.24) is 10.6 Å². The van der Waals surface area contributed by atoms with Gasteiger partial charge in [-0.3, -0.25) is 4.79 Å². The van der Waals surface area contributed by atoms with Crippen LogP contribution in [0.25, 0.3) is 0 Å². The summed E-state index contributed by atoms with van der Waals surface area (Å²) in [5.74, 6) is -0.484. The lowest BCUT2D eigenvalue weighted by Crippen LogP contribution is -2.50. The van der Waals surface area contributed by atoms with E-state index in [1.54, 1.807) is 25.1 Å². The molecule has 6 heteroatoms. The van der Waals surface area contributed by atoms with Gasteiger partial charge in [-0.05, 0) is 56.0 Å². The van der Waals surface area contributed by atoms with Gasteiger partial charge in [-0.1, -0.05) is 42.5 Å². The summed E-state index contributed by atoms with van der Waals surface area (Å²) in [5.41, 5.74) is 2.13. The third kappa shape index (κ3) is 7.04. The molecule has 0 heterocycles. The molecule has 150 valence electrons. The van der Waals surface area contributed by atoms with Gasteiger partial charge in [0.25, 0.3) is 0 Å². The molecule has 2 aromatic carbocycles. The first-order chi connectivity index (χ1) is 13.5. The zero-order valence-electron chi connectivity index (χ0n) is 16.4. The van der Waals surface area contributed by atoms with Crippen molar-refractivity contribution in [2.24, 2.45) is 0 Å². The van der Waals surface area contributed by atoms with Crippen LogP contribution >= 0.6 is 0 Å². The van der Waals surface area contributed by atoms with Gasteiger partial charge in [-0.2, -0.15) is 0 Å². The molecule has 3 N–H and O–H groups in total. The number of esters is 1. The minimum absolute atomic E-state index is 0.225. The van der Waals surface area contributed by atoms with Gasteiger partial charge in [-0.25, -0.2) is 4.79 Å². The summed E-state index contributed by atoms with van der Waals surface area (Å²) in [6, 6.07) is 15.9. The molecule has 2 atom stereocenters. The Balaban J connectivity index is 1.95. The predicted octanol–water partition coefficient (Wildman–Crippen LogP) is 2.20. The number of phenols is 1. The maximum absolute atomic E-state index is 12.7. The molecular weight excluding hydrogens is 356 g/mol. The minimum Gasteiger partial charge on any atom is -0.508 e. The summed E-state index contributed by atoms with van der Waals surface area (Å²) < 4.78 is 4.67. The zero-order chi connectivity index (χ0) is 20.4. The van der Waals surface area contributed by atoms with Crippen LogP contribution in [-0.2, 0) is 27.2 Å². The molecule has 0 aliphatic heterocycles. The molecule has 2 aromatic rings. The lowest BCUT2D eigenvalue weighted by atomic mass is 10.0. The van der Waals surface area contributed by atoms with E-state index in [2.05, 4.69) is 15.4 Å². The number of benzene rings is 2. The second-order valence-corrected chi connectivity index (χ2v) is 6.70. The SMILES string of the molecule is COC(=O)[C@H](C)NC(=O)[C@@H](CCc1ccccc1)NCCc1cccc(O)c1. The quantitative estimate of drug-likeness (QED) is 0.547. The Bertz CT molecular complexity index is 764. The average molecular weight is 384 g/mol. The number of phenolic OH excluding ortho intramolecular Hbond substituents is 1. The Labute approximate surface area is 165 Å². The molecule has 0 aliphatic rings. The monoisotopic (exact) mass is 384 g/mol. The summed E-state index contributed by atoms with van der Waals surface area (Å²) in [6.45, 7) is 2.17. The number of carbonyl (C=O) groups is 2. The number of hydrogen-bond acceptors (Lipinski definition) is 5. The average Bonchev–Trinajstić information content (AvgIpc) is 2.70. The number of methoxy groups -OCH3 is 1. The molecule has 0 aromatic heterocycles. The summed E-state index contributed by atoms with van der Waals surface area (Å²) in [7, 11) is 1.30. The second kappa shape index (κ2) is 11.1. The van der Waals surface area contributed by atoms with E-state index in [0.717, 1.165) is 17.5 Å². The molecule has 0 bridgehead atoms. The Hall–Kier alpha value is -2.86. The fraction of sp³-hybridized carbons (Fsp3) is 0.364. The molecule has 28 heavy (non-hydrogen) atoms. The molecule has 2 rings (SSSR count). The predicted molar refractivity (Wildman–Crippen MR) is 108 cm³/mol. The molecule has 6 nitrogen and oxygen atoms in total. The highest BCUT2D eigenvalue weighted by atomic mass is 16.5. The molecule has 0 radical (unpaired) electrons. The lowest BCUT2D eigenvalue weighted by molar-refractivity contribution is -0.144. The van der Waals surface area contributed by atoms with Gasteiger partial charge >= 0.3 is 5.97 Å². The maximum Gasteiger partial charge on any atom is 0.328 e. The highest BCUT2D eigenvalue weighted by Crippen LogP contribution is 2.11. The Morgan fingerprint density at radius 1 is 1.04 bits per heavy atom. The van der Waals surface area contributed by atoms with Crippen molar-refractivity contribution in [2.45, 2.75) is 38.3 Å². The highest BCUT2D eigenvalue weighted by Gasteiger charge is 2.22. The van der Waals surface area contributed by atoms with E-state index in [1.165, 1.54) is 7.11 Å². The standard InChI is InChI=1S/C22H28N2O4/c1-16(22(27)28-2)24-21(26)20(12-11-17-7-4-3-5-8-17)23-14-13-18-9-6-10-19(25)15-18/h3-10,15-16,20,23,25H,11-14H2,1-2H3,(H,24,26)/t16-,20+/m0/s1. The van der Waals surface area contributed by atoms with Crippen molar-refractivity contribution in [3.05, 3.63) is 65.7 Å². The fourth-order valence-electron chi connectivity index (χ4n) is 2.93. The zero-order valence-corrected chi connectivity index (χ0v) is 16.4. The van der Waals surface area contributed by atoms with Crippen LogP contribution in [0.15, 0.2) is 54.6 Å². The van der Waals surface area contributed by atoms with Crippen LogP contribution in [0.1, 0.15) is 24.5 Å². The molecule has 0 saturated heterocycles. The molecule has 0 saturated carbocycles. The third-order valence-electron chi connectivity index (χ3n) is 4.51. The van der Waals surface area contributed by atoms with Gasteiger partial charge in [0, 0.05) is 0 Å².